The zero-order chi connectivity index (χ0) is 16.1. The number of hydrogen-bond acceptors (Lipinski definition) is 3. The summed E-state index contributed by atoms with van der Waals surface area (Å²) in [5, 5.41) is 13.7. The Bertz CT molecular complexity index is 706. The van der Waals surface area contributed by atoms with E-state index in [0.717, 1.165) is 42.1 Å². The number of nitrogens with one attached hydrogen (secondary N) is 1. The summed E-state index contributed by atoms with van der Waals surface area (Å²) in [6.45, 7) is 0.633. The summed E-state index contributed by atoms with van der Waals surface area (Å²) in [5.74, 6) is 0.285. The first kappa shape index (κ1) is 15.7. The number of para-hydroxylation sites is 1. The van der Waals surface area contributed by atoms with Gasteiger partial charge < -0.3 is 10.4 Å². The maximum Gasteiger partial charge on any atom is 0.244 e. The fourth-order valence-corrected chi connectivity index (χ4v) is 3.18. The first-order valence-corrected chi connectivity index (χ1v) is 8.20. The van der Waals surface area contributed by atoms with E-state index in [0.29, 0.717) is 12.5 Å². The van der Waals surface area contributed by atoms with Crippen LogP contribution in [0.4, 0.5) is 0 Å². The van der Waals surface area contributed by atoms with Crippen molar-refractivity contribution in [2.75, 3.05) is 6.54 Å². The minimum Gasteiger partial charge on any atom is -0.393 e. The predicted molar refractivity (Wildman–Crippen MR) is 91.8 cm³/mol. The molecule has 120 valence electrons. The van der Waals surface area contributed by atoms with Crippen molar-refractivity contribution in [3.8, 4) is 0 Å². The van der Waals surface area contributed by atoms with Crippen molar-refractivity contribution in [3.63, 3.8) is 0 Å². The molecule has 2 unspecified atom stereocenters. The molecule has 0 radical (unpaired) electrons. The number of fused-ring (bicyclic) bond motifs is 1. The van der Waals surface area contributed by atoms with Gasteiger partial charge in [-0.25, -0.2) is 0 Å². The van der Waals surface area contributed by atoms with Crippen LogP contribution in [0.25, 0.3) is 17.0 Å². The van der Waals surface area contributed by atoms with Crippen LogP contribution in [0.15, 0.2) is 42.6 Å². The normalized spacial score (nSPS) is 21.6. The van der Waals surface area contributed by atoms with Gasteiger partial charge in [0.1, 0.15) is 0 Å². The van der Waals surface area contributed by atoms with E-state index in [2.05, 4.69) is 10.3 Å². The predicted octanol–water partition coefficient (Wildman–Crippen LogP) is 2.92. The van der Waals surface area contributed by atoms with Gasteiger partial charge >= 0.3 is 0 Å². The molecule has 2 aromatic rings. The maximum atomic E-state index is 12.0. The molecule has 23 heavy (non-hydrogen) atoms. The molecule has 3 rings (SSSR count). The average Bonchev–Trinajstić information content (AvgIpc) is 2.58. The summed E-state index contributed by atoms with van der Waals surface area (Å²) in [4.78, 5) is 16.4. The zero-order valence-electron chi connectivity index (χ0n) is 13.1. The first-order valence-electron chi connectivity index (χ1n) is 8.20. The quantitative estimate of drug-likeness (QED) is 0.854. The number of carbonyl (C=O) groups excluding carboxylic acids is 1. The number of amides is 1. The van der Waals surface area contributed by atoms with Crippen LogP contribution in [0.1, 0.15) is 31.2 Å². The summed E-state index contributed by atoms with van der Waals surface area (Å²) < 4.78 is 0. The number of aliphatic hydroxyl groups excluding tert-OH is 1. The molecule has 4 heteroatoms. The average molecular weight is 310 g/mol. The van der Waals surface area contributed by atoms with Crippen molar-refractivity contribution in [2.45, 2.75) is 31.8 Å². The molecule has 0 spiro atoms. The molecule has 1 amide bonds. The molecule has 0 bridgehead atoms. The Morgan fingerprint density at radius 1 is 1.30 bits per heavy atom. The molecular formula is C19H22N2O2. The van der Waals surface area contributed by atoms with E-state index in [4.69, 9.17) is 0 Å². The molecule has 1 aliphatic rings. The lowest BCUT2D eigenvalue weighted by molar-refractivity contribution is -0.116. The Morgan fingerprint density at radius 3 is 3.04 bits per heavy atom. The Balaban J connectivity index is 1.59. The monoisotopic (exact) mass is 310 g/mol. The number of pyridine rings is 1. The first-order chi connectivity index (χ1) is 11.2. The minimum atomic E-state index is -0.206. The molecule has 1 saturated carbocycles. The number of nitrogens with zero attached hydrogens (tertiary/aromatic N) is 1. The van der Waals surface area contributed by atoms with Crippen molar-refractivity contribution in [2.24, 2.45) is 5.92 Å². The van der Waals surface area contributed by atoms with Crippen LogP contribution in [0.3, 0.4) is 0 Å². The SMILES string of the molecule is O=C(C=Cc1cccc2cccnc12)NCC1CCCC(O)C1. The fourth-order valence-electron chi connectivity index (χ4n) is 3.18. The molecule has 0 aliphatic heterocycles. The summed E-state index contributed by atoms with van der Waals surface area (Å²) in [6, 6.07) is 9.84. The topological polar surface area (TPSA) is 62.2 Å². The Hall–Kier alpha value is -2.20. The molecule has 1 aromatic heterocycles. The lowest BCUT2D eigenvalue weighted by Crippen LogP contribution is -2.32. The van der Waals surface area contributed by atoms with Crippen LogP contribution in [-0.2, 0) is 4.79 Å². The van der Waals surface area contributed by atoms with Crippen LogP contribution < -0.4 is 5.32 Å². The van der Waals surface area contributed by atoms with Gasteiger partial charge in [-0.15, -0.1) is 0 Å². The molecule has 1 aliphatic carbocycles. The van der Waals surface area contributed by atoms with E-state index in [-0.39, 0.29) is 12.0 Å². The van der Waals surface area contributed by atoms with Crippen molar-refractivity contribution in [3.05, 3.63) is 48.2 Å². The molecule has 2 atom stereocenters. The second-order valence-electron chi connectivity index (χ2n) is 6.19. The lowest BCUT2D eigenvalue weighted by atomic mass is 9.87. The van der Waals surface area contributed by atoms with E-state index in [1.54, 1.807) is 18.3 Å². The third-order valence-corrected chi connectivity index (χ3v) is 4.40. The van der Waals surface area contributed by atoms with Gasteiger partial charge in [-0.05, 0) is 37.3 Å². The largest absolute Gasteiger partial charge is 0.393 e. The molecule has 2 N–H and O–H groups in total. The maximum absolute atomic E-state index is 12.0. The molecule has 1 aromatic carbocycles. The van der Waals surface area contributed by atoms with Gasteiger partial charge in [-0.2, -0.15) is 0 Å². The summed E-state index contributed by atoms with van der Waals surface area (Å²) in [6.07, 6.45) is 8.71. The number of hydrogen-bond donors (Lipinski definition) is 2. The Labute approximate surface area is 136 Å². The van der Waals surface area contributed by atoms with E-state index in [1.807, 2.05) is 30.3 Å². The highest BCUT2D eigenvalue weighted by atomic mass is 16.3. The highest BCUT2D eigenvalue weighted by Crippen LogP contribution is 2.23. The van der Waals surface area contributed by atoms with E-state index in [9.17, 15) is 9.90 Å². The number of aromatic nitrogens is 1. The van der Waals surface area contributed by atoms with Crippen LogP contribution in [0.2, 0.25) is 0 Å². The number of rotatable bonds is 4. The summed E-state index contributed by atoms with van der Waals surface area (Å²) >= 11 is 0. The van der Waals surface area contributed by atoms with Gasteiger partial charge in [0.05, 0.1) is 11.6 Å². The number of carbonyl (C=O) groups is 1. The van der Waals surface area contributed by atoms with Crippen LogP contribution in [0, 0.1) is 5.92 Å². The summed E-state index contributed by atoms with van der Waals surface area (Å²) in [5.41, 5.74) is 1.83. The molecule has 4 nitrogen and oxygen atoms in total. The fraction of sp³-hybridized carbons (Fsp3) is 0.368. The standard InChI is InChI=1S/C19H22N2O2/c22-17-8-1-4-14(12-17)13-21-18(23)10-9-16-6-2-5-15-7-3-11-20-19(15)16/h2-3,5-7,9-11,14,17,22H,1,4,8,12-13H2,(H,21,23). The van der Waals surface area contributed by atoms with Crippen molar-refractivity contribution >= 4 is 22.9 Å². The highest BCUT2D eigenvalue weighted by Gasteiger charge is 2.20. The van der Waals surface area contributed by atoms with Gasteiger partial charge in [-0.1, -0.05) is 30.7 Å². The van der Waals surface area contributed by atoms with Gasteiger partial charge in [0.2, 0.25) is 5.91 Å². The Kier molecular flexibility index (Phi) is 5.03. The van der Waals surface area contributed by atoms with E-state index < -0.39 is 0 Å². The molecular weight excluding hydrogens is 288 g/mol. The third-order valence-electron chi connectivity index (χ3n) is 4.40. The number of aliphatic hydroxyl groups is 1. The molecule has 1 heterocycles. The molecule has 1 fully saturated rings. The molecule has 0 saturated heterocycles. The van der Waals surface area contributed by atoms with Gasteiger partial charge in [-0.3, -0.25) is 9.78 Å². The zero-order valence-corrected chi connectivity index (χ0v) is 13.1. The van der Waals surface area contributed by atoms with Gasteiger partial charge in [0, 0.05) is 29.8 Å². The van der Waals surface area contributed by atoms with E-state index >= 15 is 0 Å². The highest BCUT2D eigenvalue weighted by molar-refractivity contribution is 5.95. The number of benzene rings is 1. The lowest BCUT2D eigenvalue weighted by Gasteiger charge is -2.25. The third kappa shape index (κ3) is 4.17. The second-order valence-corrected chi connectivity index (χ2v) is 6.19. The Morgan fingerprint density at radius 2 is 2.17 bits per heavy atom. The van der Waals surface area contributed by atoms with Crippen LogP contribution >= 0.6 is 0 Å². The minimum absolute atomic E-state index is 0.0991. The second kappa shape index (κ2) is 7.38. The van der Waals surface area contributed by atoms with Gasteiger partial charge in [0.25, 0.3) is 0 Å². The van der Waals surface area contributed by atoms with Crippen LogP contribution in [0.5, 0.6) is 0 Å². The van der Waals surface area contributed by atoms with Crippen LogP contribution in [-0.4, -0.2) is 28.6 Å². The summed E-state index contributed by atoms with van der Waals surface area (Å²) in [7, 11) is 0. The van der Waals surface area contributed by atoms with Crippen molar-refractivity contribution < 1.29 is 9.90 Å². The smallest absolute Gasteiger partial charge is 0.244 e. The van der Waals surface area contributed by atoms with E-state index in [1.165, 1.54) is 0 Å². The van der Waals surface area contributed by atoms with Crippen molar-refractivity contribution in [1.82, 2.24) is 10.3 Å². The van der Waals surface area contributed by atoms with Gasteiger partial charge in [0.15, 0.2) is 0 Å². The van der Waals surface area contributed by atoms with Crippen molar-refractivity contribution in [1.29, 1.82) is 0 Å².